The zero-order valence-electron chi connectivity index (χ0n) is 10.8. The van der Waals surface area contributed by atoms with E-state index in [1.807, 2.05) is 11.8 Å². The van der Waals surface area contributed by atoms with Crippen molar-refractivity contribution in [2.24, 2.45) is 0 Å². The number of nitrogens with zero attached hydrogens (tertiary/aromatic N) is 1. The number of aromatic nitrogens is 1. The molecule has 0 saturated heterocycles. The molecule has 2 nitrogen and oxygen atoms in total. The van der Waals surface area contributed by atoms with Crippen LogP contribution in [0.2, 0.25) is 0 Å². The Morgan fingerprint density at radius 2 is 2.19 bits per heavy atom. The topological polar surface area (TPSA) is 24.9 Å². The van der Waals surface area contributed by atoms with Crippen molar-refractivity contribution >= 4 is 23.1 Å². The van der Waals surface area contributed by atoms with Gasteiger partial charge in [0.25, 0.3) is 0 Å². The Bertz CT molecular complexity index is 315. The molecule has 4 heteroatoms. The van der Waals surface area contributed by atoms with Gasteiger partial charge < -0.3 is 5.32 Å². The van der Waals surface area contributed by atoms with E-state index >= 15 is 0 Å². The lowest BCUT2D eigenvalue weighted by molar-refractivity contribution is 0.561. The van der Waals surface area contributed by atoms with Crippen molar-refractivity contribution in [1.29, 1.82) is 0 Å². The summed E-state index contributed by atoms with van der Waals surface area (Å²) in [5.74, 6) is 1.15. The Morgan fingerprint density at radius 3 is 2.69 bits per heavy atom. The van der Waals surface area contributed by atoms with E-state index in [4.69, 9.17) is 0 Å². The van der Waals surface area contributed by atoms with Gasteiger partial charge in [-0.3, -0.25) is 0 Å². The van der Waals surface area contributed by atoms with Crippen molar-refractivity contribution in [3.8, 4) is 0 Å². The van der Waals surface area contributed by atoms with Gasteiger partial charge in [0, 0.05) is 29.1 Å². The Labute approximate surface area is 107 Å². The van der Waals surface area contributed by atoms with E-state index in [2.05, 4.69) is 49.6 Å². The van der Waals surface area contributed by atoms with E-state index in [0.29, 0.717) is 6.04 Å². The summed E-state index contributed by atoms with van der Waals surface area (Å²) in [6, 6.07) is 0.553. The summed E-state index contributed by atoms with van der Waals surface area (Å²) < 4.78 is 0. The highest BCUT2D eigenvalue weighted by Gasteiger charge is 2.17. The molecule has 92 valence electrons. The number of hydrogen-bond donors (Lipinski definition) is 1. The second kappa shape index (κ2) is 6.03. The number of hydrogen-bond acceptors (Lipinski definition) is 4. The highest BCUT2D eigenvalue weighted by atomic mass is 32.2. The highest BCUT2D eigenvalue weighted by Crippen LogP contribution is 2.23. The summed E-state index contributed by atoms with van der Waals surface area (Å²) in [6.45, 7) is 9.72. The maximum Gasteiger partial charge on any atom is 0.107 e. The van der Waals surface area contributed by atoms with Gasteiger partial charge in [-0.05, 0) is 13.2 Å². The minimum atomic E-state index is 0.166. The first-order chi connectivity index (χ1) is 7.43. The van der Waals surface area contributed by atoms with Gasteiger partial charge >= 0.3 is 0 Å². The third-order valence-corrected chi connectivity index (χ3v) is 4.02. The lowest BCUT2D eigenvalue weighted by atomic mass is 9.93. The van der Waals surface area contributed by atoms with Crippen LogP contribution in [0.15, 0.2) is 5.38 Å². The first-order valence-corrected chi connectivity index (χ1v) is 7.88. The van der Waals surface area contributed by atoms with Crippen molar-refractivity contribution < 1.29 is 0 Å². The largest absolute Gasteiger partial charge is 0.307 e. The van der Waals surface area contributed by atoms with Gasteiger partial charge in [0.1, 0.15) is 5.01 Å². The first-order valence-electron chi connectivity index (χ1n) is 5.60. The molecule has 1 unspecified atom stereocenters. The van der Waals surface area contributed by atoms with Gasteiger partial charge in [-0.1, -0.05) is 20.8 Å². The summed E-state index contributed by atoms with van der Waals surface area (Å²) in [5.41, 5.74) is 1.37. The Balaban J connectivity index is 2.47. The molecule has 0 saturated carbocycles. The molecule has 1 atom stereocenters. The first kappa shape index (κ1) is 14.0. The van der Waals surface area contributed by atoms with Crippen LogP contribution in [0.4, 0.5) is 0 Å². The highest BCUT2D eigenvalue weighted by molar-refractivity contribution is 7.98. The smallest absolute Gasteiger partial charge is 0.107 e. The number of thioether (sulfide) groups is 1. The fourth-order valence-corrected chi connectivity index (χ4v) is 2.90. The van der Waals surface area contributed by atoms with E-state index < -0.39 is 0 Å². The fourth-order valence-electron chi connectivity index (χ4n) is 1.31. The van der Waals surface area contributed by atoms with Crippen LogP contribution < -0.4 is 5.32 Å². The number of nitrogens with one attached hydrogen (secondary N) is 1. The molecule has 1 rings (SSSR count). The molecule has 1 aromatic rings. The SMILES string of the molecule is CSCC(C)NCc1nc(C(C)(C)C)cs1. The fraction of sp³-hybridized carbons (Fsp3) is 0.750. The zero-order valence-corrected chi connectivity index (χ0v) is 12.5. The maximum atomic E-state index is 4.66. The molecule has 0 amide bonds. The third kappa shape index (κ3) is 4.44. The van der Waals surface area contributed by atoms with Crippen LogP contribution in [0.3, 0.4) is 0 Å². The van der Waals surface area contributed by atoms with Gasteiger partial charge in [0.2, 0.25) is 0 Å². The molecule has 16 heavy (non-hydrogen) atoms. The lowest BCUT2D eigenvalue weighted by Gasteiger charge is -2.14. The molecule has 1 N–H and O–H groups in total. The molecule has 0 fully saturated rings. The van der Waals surface area contributed by atoms with Gasteiger partial charge in [-0.15, -0.1) is 11.3 Å². The summed E-state index contributed by atoms with van der Waals surface area (Å²) >= 11 is 3.63. The molecule has 1 aromatic heterocycles. The van der Waals surface area contributed by atoms with Gasteiger partial charge in [0.15, 0.2) is 0 Å². The van der Waals surface area contributed by atoms with Crippen molar-refractivity contribution in [3.05, 3.63) is 16.1 Å². The number of thiazole rings is 1. The quantitative estimate of drug-likeness (QED) is 0.877. The van der Waals surface area contributed by atoms with Crippen LogP contribution in [0.1, 0.15) is 38.4 Å². The average Bonchev–Trinajstić information content (AvgIpc) is 2.63. The molecular weight excluding hydrogens is 236 g/mol. The minimum absolute atomic E-state index is 0.166. The van der Waals surface area contributed by atoms with Crippen molar-refractivity contribution in [2.45, 2.75) is 45.7 Å². The molecular formula is C12H22N2S2. The van der Waals surface area contributed by atoms with E-state index in [9.17, 15) is 0 Å². The maximum absolute atomic E-state index is 4.66. The van der Waals surface area contributed by atoms with E-state index in [1.54, 1.807) is 11.3 Å². The molecule has 0 aliphatic heterocycles. The van der Waals surface area contributed by atoms with Crippen molar-refractivity contribution in [2.75, 3.05) is 12.0 Å². The van der Waals surface area contributed by atoms with Gasteiger partial charge in [0.05, 0.1) is 5.69 Å². The van der Waals surface area contributed by atoms with Crippen LogP contribution >= 0.6 is 23.1 Å². The third-order valence-electron chi connectivity index (χ3n) is 2.34. The summed E-state index contributed by atoms with van der Waals surface area (Å²) in [5, 5.41) is 6.86. The van der Waals surface area contributed by atoms with E-state index in [1.165, 1.54) is 10.7 Å². The van der Waals surface area contributed by atoms with E-state index in [0.717, 1.165) is 12.3 Å². The standard InChI is InChI=1S/C12H22N2S2/c1-9(7-15-5)13-6-11-14-10(8-16-11)12(2,3)4/h8-9,13H,6-7H2,1-5H3. The Hall–Kier alpha value is -0.0600. The average molecular weight is 258 g/mol. The molecule has 0 aliphatic carbocycles. The Kier molecular flexibility index (Phi) is 5.28. The monoisotopic (exact) mass is 258 g/mol. The predicted molar refractivity (Wildman–Crippen MR) is 75.5 cm³/mol. The second-order valence-corrected chi connectivity index (χ2v) is 6.97. The van der Waals surface area contributed by atoms with Crippen LogP contribution in [-0.4, -0.2) is 23.0 Å². The van der Waals surface area contributed by atoms with Crippen LogP contribution in [0.5, 0.6) is 0 Å². The molecule has 0 aliphatic rings. The molecule has 0 spiro atoms. The van der Waals surface area contributed by atoms with Crippen molar-refractivity contribution in [3.63, 3.8) is 0 Å². The van der Waals surface area contributed by atoms with Gasteiger partial charge in [-0.25, -0.2) is 4.98 Å². The van der Waals surface area contributed by atoms with E-state index in [-0.39, 0.29) is 5.41 Å². The second-order valence-electron chi connectivity index (χ2n) is 5.11. The molecule has 0 bridgehead atoms. The summed E-state index contributed by atoms with van der Waals surface area (Å²) in [4.78, 5) is 4.66. The van der Waals surface area contributed by atoms with Gasteiger partial charge in [-0.2, -0.15) is 11.8 Å². The minimum Gasteiger partial charge on any atom is -0.307 e. The van der Waals surface area contributed by atoms with Crippen molar-refractivity contribution in [1.82, 2.24) is 10.3 Å². The summed E-state index contributed by atoms with van der Waals surface area (Å²) in [7, 11) is 0. The molecule has 1 heterocycles. The molecule has 0 radical (unpaired) electrons. The molecule has 0 aromatic carbocycles. The van der Waals surface area contributed by atoms with Crippen LogP contribution in [0, 0.1) is 0 Å². The van der Waals surface area contributed by atoms with Crippen LogP contribution in [-0.2, 0) is 12.0 Å². The Morgan fingerprint density at radius 1 is 1.50 bits per heavy atom. The number of rotatable bonds is 5. The summed E-state index contributed by atoms with van der Waals surface area (Å²) in [6.07, 6.45) is 2.14. The predicted octanol–water partition coefficient (Wildman–Crippen LogP) is 3.28. The zero-order chi connectivity index (χ0) is 12.2. The van der Waals surface area contributed by atoms with Crippen LogP contribution in [0.25, 0.3) is 0 Å². The lowest BCUT2D eigenvalue weighted by Crippen LogP contribution is -2.27. The normalized spacial score (nSPS) is 14.1.